The number of nitrogens with one attached hydrogen (secondary N) is 1. The summed E-state index contributed by atoms with van der Waals surface area (Å²) in [6.45, 7) is 0. The lowest BCUT2D eigenvalue weighted by molar-refractivity contribution is -0.134. The van der Waals surface area contributed by atoms with Gasteiger partial charge in [-0.1, -0.05) is 0 Å². The number of carbonyl (C=O) groups is 2. The maximum Gasteiger partial charge on any atom is 0.150 e. The van der Waals surface area contributed by atoms with Crippen LogP contribution < -0.4 is 5.73 Å². The van der Waals surface area contributed by atoms with E-state index in [0.717, 1.165) is 25.0 Å². The zero-order chi connectivity index (χ0) is 12.3. The number of Topliss-reactive ketones (excluding diaryl/α,β-unsaturated/α-hetero) is 2. The number of imidazole rings is 1. The standard InChI is InChI=1S/C12H17N3O2/c13-10-5-11(16)8(4-12(10)17)2-1-3-9-6-14-7-15-9/h6-8,10H,1-5,13H2,(H,14,15). The molecule has 1 heterocycles. The van der Waals surface area contributed by atoms with E-state index < -0.39 is 6.04 Å². The summed E-state index contributed by atoms with van der Waals surface area (Å²) in [5, 5.41) is 0. The highest BCUT2D eigenvalue weighted by molar-refractivity contribution is 5.98. The fourth-order valence-corrected chi connectivity index (χ4v) is 2.23. The van der Waals surface area contributed by atoms with E-state index in [1.807, 2.05) is 0 Å². The second kappa shape index (κ2) is 5.23. The van der Waals surface area contributed by atoms with Crippen molar-refractivity contribution in [3.8, 4) is 0 Å². The molecule has 1 aromatic rings. The summed E-state index contributed by atoms with van der Waals surface area (Å²) < 4.78 is 0. The Morgan fingerprint density at radius 2 is 2.18 bits per heavy atom. The first-order chi connectivity index (χ1) is 8.16. The molecule has 1 aliphatic carbocycles. The number of rotatable bonds is 4. The van der Waals surface area contributed by atoms with Crippen LogP contribution in [0.2, 0.25) is 0 Å². The molecular formula is C12H17N3O2. The zero-order valence-electron chi connectivity index (χ0n) is 9.69. The van der Waals surface area contributed by atoms with E-state index in [-0.39, 0.29) is 23.9 Å². The van der Waals surface area contributed by atoms with Crippen molar-refractivity contribution in [2.24, 2.45) is 11.7 Å². The molecule has 17 heavy (non-hydrogen) atoms. The highest BCUT2D eigenvalue weighted by Crippen LogP contribution is 2.22. The molecule has 0 aromatic carbocycles. The average Bonchev–Trinajstić information content (AvgIpc) is 2.78. The van der Waals surface area contributed by atoms with Gasteiger partial charge in [0.05, 0.1) is 12.4 Å². The van der Waals surface area contributed by atoms with Gasteiger partial charge in [-0.05, 0) is 19.3 Å². The second-order valence-corrected chi connectivity index (χ2v) is 4.61. The normalized spacial score (nSPS) is 25.2. The van der Waals surface area contributed by atoms with Crippen LogP contribution >= 0.6 is 0 Å². The number of aryl methyl sites for hydroxylation is 1. The van der Waals surface area contributed by atoms with Crippen LogP contribution in [0.25, 0.3) is 0 Å². The molecule has 92 valence electrons. The summed E-state index contributed by atoms with van der Waals surface area (Å²) in [6.07, 6.45) is 6.48. The third-order valence-electron chi connectivity index (χ3n) is 3.29. The molecule has 0 spiro atoms. The van der Waals surface area contributed by atoms with Crippen molar-refractivity contribution in [2.75, 3.05) is 0 Å². The van der Waals surface area contributed by atoms with Gasteiger partial charge in [0, 0.05) is 30.7 Å². The molecular weight excluding hydrogens is 218 g/mol. The van der Waals surface area contributed by atoms with Crippen molar-refractivity contribution in [3.63, 3.8) is 0 Å². The molecule has 5 heteroatoms. The Kier molecular flexibility index (Phi) is 3.68. The van der Waals surface area contributed by atoms with Crippen LogP contribution in [0.1, 0.15) is 31.4 Å². The monoisotopic (exact) mass is 235 g/mol. The highest BCUT2D eigenvalue weighted by atomic mass is 16.1. The van der Waals surface area contributed by atoms with Crippen LogP contribution in [-0.2, 0) is 16.0 Å². The largest absolute Gasteiger partial charge is 0.348 e. The summed E-state index contributed by atoms with van der Waals surface area (Å²) >= 11 is 0. The van der Waals surface area contributed by atoms with Crippen LogP contribution in [0.3, 0.4) is 0 Å². The van der Waals surface area contributed by atoms with E-state index in [2.05, 4.69) is 9.97 Å². The van der Waals surface area contributed by atoms with Crippen molar-refractivity contribution in [3.05, 3.63) is 18.2 Å². The summed E-state index contributed by atoms with van der Waals surface area (Å²) in [4.78, 5) is 30.1. The molecule has 1 aromatic heterocycles. The minimum Gasteiger partial charge on any atom is -0.348 e. The number of aromatic nitrogens is 2. The van der Waals surface area contributed by atoms with E-state index in [4.69, 9.17) is 5.73 Å². The molecule has 0 amide bonds. The van der Waals surface area contributed by atoms with Crippen molar-refractivity contribution in [2.45, 2.75) is 38.1 Å². The predicted octanol–water partition coefficient (Wildman–Crippen LogP) is 0.608. The predicted molar refractivity (Wildman–Crippen MR) is 62.2 cm³/mol. The van der Waals surface area contributed by atoms with Crippen LogP contribution in [-0.4, -0.2) is 27.6 Å². The van der Waals surface area contributed by atoms with E-state index in [9.17, 15) is 9.59 Å². The molecule has 2 atom stereocenters. The lowest BCUT2D eigenvalue weighted by Gasteiger charge is -2.23. The number of aromatic amines is 1. The maximum absolute atomic E-state index is 11.7. The fraction of sp³-hybridized carbons (Fsp3) is 0.583. The summed E-state index contributed by atoms with van der Waals surface area (Å²) in [5.74, 6) is 0.0445. The third-order valence-corrected chi connectivity index (χ3v) is 3.29. The quantitative estimate of drug-likeness (QED) is 0.800. The molecule has 5 nitrogen and oxygen atoms in total. The van der Waals surface area contributed by atoms with Gasteiger partial charge in [-0.25, -0.2) is 4.98 Å². The molecule has 2 rings (SSSR count). The smallest absolute Gasteiger partial charge is 0.150 e. The van der Waals surface area contributed by atoms with Gasteiger partial charge in [-0.2, -0.15) is 0 Å². The van der Waals surface area contributed by atoms with Crippen LogP contribution in [0.4, 0.5) is 0 Å². The maximum atomic E-state index is 11.7. The van der Waals surface area contributed by atoms with Gasteiger partial charge in [0.2, 0.25) is 0 Å². The number of carbonyl (C=O) groups excluding carboxylic acids is 2. The minimum absolute atomic E-state index is 0.0242. The van der Waals surface area contributed by atoms with Crippen molar-refractivity contribution >= 4 is 11.6 Å². The molecule has 0 bridgehead atoms. The summed E-state index contributed by atoms with van der Waals surface area (Å²) in [5.41, 5.74) is 6.62. The van der Waals surface area contributed by atoms with Gasteiger partial charge in [0.25, 0.3) is 0 Å². The Bertz CT molecular complexity index is 400. The van der Waals surface area contributed by atoms with E-state index in [1.165, 1.54) is 0 Å². The Morgan fingerprint density at radius 1 is 1.35 bits per heavy atom. The number of hydrogen-bond acceptors (Lipinski definition) is 4. The Morgan fingerprint density at radius 3 is 2.88 bits per heavy atom. The Labute approximate surface area is 99.8 Å². The molecule has 2 unspecified atom stereocenters. The Hall–Kier alpha value is -1.49. The molecule has 0 saturated heterocycles. The van der Waals surface area contributed by atoms with Gasteiger partial charge in [-0.3, -0.25) is 9.59 Å². The van der Waals surface area contributed by atoms with Gasteiger partial charge in [0.1, 0.15) is 5.78 Å². The fourth-order valence-electron chi connectivity index (χ4n) is 2.23. The third kappa shape index (κ3) is 3.00. The van der Waals surface area contributed by atoms with E-state index >= 15 is 0 Å². The summed E-state index contributed by atoms with van der Waals surface area (Å²) in [6, 6.07) is -0.564. The van der Waals surface area contributed by atoms with Gasteiger partial charge in [0.15, 0.2) is 5.78 Å². The number of hydrogen-bond donors (Lipinski definition) is 2. The lowest BCUT2D eigenvalue weighted by Crippen LogP contribution is -2.41. The first-order valence-corrected chi connectivity index (χ1v) is 5.95. The van der Waals surface area contributed by atoms with Crippen molar-refractivity contribution < 1.29 is 9.59 Å². The van der Waals surface area contributed by atoms with Crippen molar-refractivity contribution in [1.29, 1.82) is 0 Å². The summed E-state index contributed by atoms with van der Waals surface area (Å²) in [7, 11) is 0. The Balaban J connectivity index is 1.79. The van der Waals surface area contributed by atoms with E-state index in [1.54, 1.807) is 12.5 Å². The SMILES string of the molecule is NC1CC(=O)C(CCCc2cnc[nH]2)CC1=O. The van der Waals surface area contributed by atoms with Gasteiger partial charge in [-0.15, -0.1) is 0 Å². The molecule has 0 aliphatic heterocycles. The molecule has 1 fully saturated rings. The minimum atomic E-state index is -0.564. The highest BCUT2D eigenvalue weighted by Gasteiger charge is 2.31. The van der Waals surface area contributed by atoms with E-state index in [0.29, 0.717) is 6.42 Å². The van der Waals surface area contributed by atoms with Gasteiger partial charge < -0.3 is 10.7 Å². The van der Waals surface area contributed by atoms with Crippen LogP contribution in [0.15, 0.2) is 12.5 Å². The number of nitrogens with two attached hydrogens (primary N) is 1. The molecule has 0 radical (unpaired) electrons. The topological polar surface area (TPSA) is 88.8 Å². The molecule has 3 N–H and O–H groups in total. The van der Waals surface area contributed by atoms with Gasteiger partial charge >= 0.3 is 0 Å². The first-order valence-electron chi connectivity index (χ1n) is 5.95. The number of H-pyrrole nitrogens is 1. The second-order valence-electron chi connectivity index (χ2n) is 4.61. The first kappa shape index (κ1) is 12.0. The number of nitrogens with zero attached hydrogens (tertiary/aromatic N) is 1. The average molecular weight is 235 g/mol. The zero-order valence-corrected chi connectivity index (χ0v) is 9.69. The molecule has 1 saturated carbocycles. The lowest BCUT2D eigenvalue weighted by atomic mass is 9.81. The molecule has 1 aliphatic rings. The number of ketones is 2. The van der Waals surface area contributed by atoms with Crippen LogP contribution in [0.5, 0.6) is 0 Å². The van der Waals surface area contributed by atoms with Crippen molar-refractivity contribution in [1.82, 2.24) is 9.97 Å². The van der Waals surface area contributed by atoms with Crippen LogP contribution in [0, 0.1) is 5.92 Å².